The smallest absolute Gasteiger partial charge is 0.127 e. The van der Waals surface area contributed by atoms with E-state index in [0.29, 0.717) is 36.8 Å². The Bertz CT molecular complexity index is 2010. The summed E-state index contributed by atoms with van der Waals surface area (Å²) in [5, 5.41) is 0. The lowest BCUT2D eigenvalue weighted by atomic mass is 9.70. The molecule has 4 atom stereocenters. The fraction of sp³-hybridized carbons (Fsp3) is 0.280. The molecule has 0 N–H and O–H groups in total. The van der Waals surface area contributed by atoms with Gasteiger partial charge < -0.3 is 14.2 Å². The standard InChI is InChI=1S/C50H52F2O3/c1-7-49(5,39-27-25-35(3)45(51)33-39)47(31-37-17-15-23-43(29-37)53-41-19-11-9-12-20-41)55-48(50(6,8-2)40-28-26-36(4)46(52)34-40)32-38-18-16-24-44(30-38)54-42-21-13-10-14-22-42/h9-30,33-34,47-48H,7-8,31-32H2,1-6H3. The van der Waals surface area contributed by atoms with Crippen LogP contribution < -0.4 is 9.47 Å². The van der Waals surface area contributed by atoms with Gasteiger partial charge in [-0.05, 0) is 134 Å². The first-order valence-electron chi connectivity index (χ1n) is 19.3. The van der Waals surface area contributed by atoms with Gasteiger partial charge in [-0.25, -0.2) is 8.78 Å². The minimum absolute atomic E-state index is 0.241. The van der Waals surface area contributed by atoms with Crippen molar-refractivity contribution in [2.75, 3.05) is 0 Å². The van der Waals surface area contributed by atoms with Gasteiger partial charge in [0.2, 0.25) is 0 Å². The first kappa shape index (κ1) is 39.4. The fourth-order valence-electron chi connectivity index (χ4n) is 7.33. The number of halogens is 2. The largest absolute Gasteiger partial charge is 0.457 e. The summed E-state index contributed by atoms with van der Waals surface area (Å²) in [5.74, 6) is 2.47. The molecule has 0 radical (unpaired) electrons. The quantitative estimate of drug-likeness (QED) is 0.0989. The van der Waals surface area contributed by atoms with Crippen molar-refractivity contribution in [1.82, 2.24) is 0 Å². The number of benzene rings is 6. The van der Waals surface area contributed by atoms with Crippen molar-refractivity contribution in [2.24, 2.45) is 0 Å². The van der Waals surface area contributed by atoms with Gasteiger partial charge in [0, 0.05) is 10.8 Å². The van der Waals surface area contributed by atoms with Crippen LogP contribution in [0.15, 0.2) is 146 Å². The van der Waals surface area contributed by atoms with Crippen LogP contribution in [0.1, 0.15) is 73.9 Å². The minimum atomic E-state index is -0.603. The van der Waals surface area contributed by atoms with E-state index in [1.54, 1.807) is 26.0 Å². The zero-order valence-electron chi connectivity index (χ0n) is 32.8. The van der Waals surface area contributed by atoms with E-state index >= 15 is 8.78 Å². The molecule has 0 saturated heterocycles. The molecule has 6 aromatic carbocycles. The van der Waals surface area contributed by atoms with Gasteiger partial charge in [0.05, 0.1) is 12.2 Å². The van der Waals surface area contributed by atoms with E-state index in [1.807, 2.05) is 109 Å². The summed E-state index contributed by atoms with van der Waals surface area (Å²) in [7, 11) is 0. The van der Waals surface area contributed by atoms with E-state index in [0.717, 1.165) is 45.3 Å². The lowest BCUT2D eigenvalue weighted by molar-refractivity contribution is -0.0840. The Labute approximate surface area is 325 Å². The monoisotopic (exact) mass is 738 g/mol. The molecule has 6 rings (SSSR count). The number of ether oxygens (including phenoxy) is 3. The molecule has 6 aromatic rings. The number of hydrogen-bond donors (Lipinski definition) is 0. The number of aryl methyl sites for hydroxylation is 2. The molecule has 0 bridgehead atoms. The van der Waals surface area contributed by atoms with Crippen LogP contribution in [0.25, 0.3) is 0 Å². The summed E-state index contributed by atoms with van der Waals surface area (Å²) in [6.45, 7) is 12.2. The Balaban J connectivity index is 1.44. The third kappa shape index (κ3) is 9.35. The SMILES string of the molecule is CCC(C)(c1ccc(C)c(F)c1)C(Cc1cccc(Oc2ccccc2)c1)OC(Cc1cccc(Oc2ccccc2)c1)C(C)(CC)c1ccc(C)c(F)c1. The van der Waals surface area contributed by atoms with Gasteiger partial charge in [-0.15, -0.1) is 0 Å². The van der Waals surface area contributed by atoms with Crippen LogP contribution >= 0.6 is 0 Å². The minimum Gasteiger partial charge on any atom is -0.457 e. The molecule has 0 saturated carbocycles. The molecule has 0 spiro atoms. The molecule has 3 nitrogen and oxygen atoms in total. The highest BCUT2D eigenvalue weighted by atomic mass is 19.1. The third-order valence-electron chi connectivity index (χ3n) is 11.5. The van der Waals surface area contributed by atoms with Gasteiger partial charge in [0.25, 0.3) is 0 Å². The maximum atomic E-state index is 15.4. The van der Waals surface area contributed by atoms with Crippen molar-refractivity contribution in [2.45, 2.75) is 90.3 Å². The Morgan fingerprint density at radius 3 is 1.22 bits per heavy atom. The van der Waals surface area contributed by atoms with Crippen molar-refractivity contribution < 1.29 is 23.0 Å². The zero-order valence-corrected chi connectivity index (χ0v) is 32.8. The molecule has 0 aliphatic rings. The van der Waals surface area contributed by atoms with Crippen molar-refractivity contribution in [3.05, 3.63) is 191 Å². The maximum absolute atomic E-state index is 15.4. The van der Waals surface area contributed by atoms with Gasteiger partial charge in [0.1, 0.15) is 34.6 Å². The second kappa shape index (κ2) is 17.5. The summed E-state index contributed by atoms with van der Waals surface area (Å²) in [4.78, 5) is 0. The van der Waals surface area contributed by atoms with Crippen LogP contribution in [0.4, 0.5) is 8.78 Å². The summed E-state index contributed by atoms with van der Waals surface area (Å²) in [5.41, 5.74) is 3.79. The Hall–Kier alpha value is -5.26. The van der Waals surface area contributed by atoms with E-state index in [-0.39, 0.29) is 11.6 Å². The van der Waals surface area contributed by atoms with Gasteiger partial charge in [-0.2, -0.15) is 0 Å². The number of para-hydroxylation sites is 2. The molecule has 0 aliphatic heterocycles. The zero-order chi connectivity index (χ0) is 39.0. The molecule has 0 amide bonds. The first-order chi connectivity index (χ1) is 26.5. The highest BCUT2D eigenvalue weighted by Crippen LogP contribution is 2.42. The summed E-state index contributed by atoms with van der Waals surface area (Å²) < 4.78 is 50.9. The summed E-state index contributed by atoms with van der Waals surface area (Å²) in [6, 6.07) is 46.7. The fourth-order valence-corrected chi connectivity index (χ4v) is 7.33. The lowest BCUT2D eigenvalue weighted by Crippen LogP contribution is -2.48. The molecule has 4 unspecified atom stereocenters. The van der Waals surface area contributed by atoms with Gasteiger partial charge >= 0.3 is 0 Å². The molecule has 5 heteroatoms. The van der Waals surface area contributed by atoms with Gasteiger partial charge in [-0.3, -0.25) is 0 Å². The Kier molecular flexibility index (Phi) is 12.5. The molecule has 284 valence electrons. The molecule has 0 heterocycles. The second-order valence-corrected chi connectivity index (χ2v) is 15.1. The first-order valence-corrected chi connectivity index (χ1v) is 19.3. The predicted molar refractivity (Wildman–Crippen MR) is 220 cm³/mol. The summed E-state index contributed by atoms with van der Waals surface area (Å²) in [6.07, 6.45) is 1.61. The van der Waals surface area contributed by atoms with Crippen LogP contribution in [0.3, 0.4) is 0 Å². The molecular formula is C50H52F2O3. The van der Waals surface area contributed by atoms with Crippen molar-refractivity contribution in [1.29, 1.82) is 0 Å². The highest BCUT2D eigenvalue weighted by Gasteiger charge is 2.43. The van der Waals surface area contributed by atoms with E-state index in [4.69, 9.17) is 14.2 Å². The predicted octanol–water partition coefficient (Wildman–Crippen LogP) is 13.4. The average molecular weight is 739 g/mol. The van der Waals surface area contributed by atoms with Crippen LogP contribution in [-0.4, -0.2) is 12.2 Å². The van der Waals surface area contributed by atoms with Gasteiger partial charge in [-0.1, -0.05) is 113 Å². The molecule has 0 aromatic heterocycles. The van der Waals surface area contributed by atoms with Crippen molar-refractivity contribution >= 4 is 0 Å². The van der Waals surface area contributed by atoms with Crippen LogP contribution in [-0.2, 0) is 28.4 Å². The Morgan fingerprint density at radius 1 is 0.473 bits per heavy atom. The number of hydrogen-bond acceptors (Lipinski definition) is 3. The van der Waals surface area contributed by atoms with Gasteiger partial charge in [0.15, 0.2) is 0 Å². The number of rotatable bonds is 16. The molecule has 55 heavy (non-hydrogen) atoms. The van der Waals surface area contributed by atoms with E-state index < -0.39 is 23.0 Å². The highest BCUT2D eigenvalue weighted by molar-refractivity contribution is 5.38. The molecular weight excluding hydrogens is 687 g/mol. The summed E-state index contributed by atoms with van der Waals surface area (Å²) >= 11 is 0. The average Bonchev–Trinajstić information content (AvgIpc) is 3.20. The van der Waals surface area contributed by atoms with Crippen LogP contribution in [0.5, 0.6) is 23.0 Å². The van der Waals surface area contributed by atoms with Crippen LogP contribution in [0, 0.1) is 25.5 Å². The maximum Gasteiger partial charge on any atom is 0.127 e. The van der Waals surface area contributed by atoms with E-state index in [1.165, 1.54) is 0 Å². The topological polar surface area (TPSA) is 27.7 Å². The third-order valence-corrected chi connectivity index (χ3v) is 11.5. The normalized spacial score (nSPS) is 14.7. The van der Waals surface area contributed by atoms with Crippen LogP contribution in [0.2, 0.25) is 0 Å². The van der Waals surface area contributed by atoms with Crippen molar-refractivity contribution in [3.63, 3.8) is 0 Å². The molecule has 0 aliphatic carbocycles. The van der Waals surface area contributed by atoms with E-state index in [2.05, 4.69) is 52.0 Å². The second-order valence-electron chi connectivity index (χ2n) is 15.1. The van der Waals surface area contributed by atoms with Crippen molar-refractivity contribution in [3.8, 4) is 23.0 Å². The Morgan fingerprint density at radius 2 is 0.855 bits per heavy atom. The lowest BCUT2D eigenvalue weighted by Gasteiger charge is -2.45. The van der Waals surface area contributed by atoms with E-state index in [9.17, 15) is 0 Å². The molecule has 0 fully saturated rings.